The van der Waals surface area contributed by atoms with E-state index in [9.17, 15) is 4.79 Å². The molecule has 2 aromatic carbocycles. The average Bonchev–Trinajstić information content (AvgIpc) is 2.92. The first-order valence-electron chi connectivity index (χ1n) is 7.19. The molecule has 4 heteroatoms. The largest absolute Gasteiger partial charge is 0.424 e. The minimum absolute atomic E-state index is 0.209. The lowest BCUT2D eigenvalue weighted by Gasteiger charge is -2.17. The van der Waals surface area contributed by atoms with Gasteiger partial charge in [-0.05, 0) is 31.5 Å². The van der Waals surface area contributed by atoms with E-state index in [0.717, 1.165) is 16.8 Å². The second kappa shape index (κ2) is 6.02. The van der Waals surface area contributed by atoms with Gasteiger partial charge in [0.1, 0.15) is 5.75 Å². The van der Waals surface area contributed by atoms with Crippen LogP contribution in [-0.4, -0.2) is 17.8 Å². The zero-order valence-corrected chi connectivity index (χ0v) is 12.5. The topological polar surface area (TPSA) is 47.9 Å². The summed E-state index contributed by atoms with van der Waals surface area (Å²) in [6.07, 6.45) is -0.747. The van der Waals surface area contributed by atoms with Crippen LogP contribution in [0.25, 0.3) is 0 Å². The number of carbonyl (C=O) groups excluding carboxylic acids is 1. The second-order valence-corrected chi connectivity index (χ2v) is 5.38. The second-order valence-electron chi connectivity index (χ2n) is 5.38. The summed E-state index contributed by atoms with van der Waals surface area (Å²) in [7, 11) is 0. The molecule has 0 saturated carbocycles. The Labute approximate surface area is 129 Å². The zero-order chi connectivity index (χ0) is 15.5. The number of carbonyl (C=O) groups is 1. The maximum atomic E-state index is 12.4. The van der Waals surface area contributed by atoms with Gasteiger partial charge in [-0.2, -0.15) is 0 Å². The number of hydrogen-bond donors (Lipinski definition) is 0. The van der Waals surface area contributed by atoms with Crippen LogP contribution in [-0.2, 0) is 9.63 Å². The van der Waals surface area contributed by atoms with Crippen LogP contribution < -0.4 is 4.74 Å². The summed E-state index contributed by atoms with van der Waals surface area (Å²) in [5.41, 5.74) is 2.88. The van der Waals surface area contributed by atoms with E-state index in [2.05, 4.69) is 5.16 Å². The summed E-state index contributed by atoms with van der Waals surface area (Å²) in [5, 5.41) is 3.97. The molecule has 0 spiro atoms. The summed E-state index contributed by atoms with van der Waals surface area (Å²) in [6, 6.07) is 17.1. The van der Waals surface area contributed by atoms with Crippen LogP contribution in [0, 0.1) is 6.92 Å². The van der Waals surface area contributed by atoms with Gasteiger partial charge in [-0.3, -0.25) is 0 Å². The van der Waals surface area contributed by atoms with E-state index in [1.165, 1.54) is 0 Å². The molecule has 0 saturated heterocycles. The number of hydrogen-bond acceptors (Lipinski definition) is 4. The number of nitrogens with zero attached hydrogens (tertiary/aromatic N) is 1. The van der Waals surface area contributed by atoms with E-state index in [1.807, 2.05) is 56.3 Å². The predicted octanol–water partition coefficient (Wildman–Crippen LogP) is 3.46. The highest BCUT2D eigenvalue weighted by Gasteiger charge is 2.40. The van der Waals surface area contributed by atoms with Crippen LogP contribution in [0.4, 0.5) is 0 Å². The fourth-order valence-corrected chi connectivity index (χ4v) is 2.51. The maximum Gasteiger partial charge on any atom is 0.356 e. The molecule has 2 aromatic rings. The Morgan fingerprint density at radius 1 is 1.05 bits per heavy atom. The number of aryl methyl sites for hydroxylation is 1. The molecule has 1 heterocycles. The van der Waals surface area contributed by atoms with Crippen molar-refractivity contribution in [2.75, 3.05) is 0 Å². The van der Waals surface area contributed by atoms with Crippen molar-refractivity contribution < 1.29 is 14.4 Å². The first-order chi connectivity index (χ1) is 10.6. The molecule has 4 nitrogen and oxygen atoms in total. The molecule has 2 unspecified atom stereocenters. The van der Waals surface area contributed by atoms with Gasteiger partial charge in [-0.1, -0.05) is 53.2 Å². The lowest BCUT2D eigenvalue weighted by Crippen LogP contribution is -2.32. The van der Waals surface area contributed by atoms with Gasteiger partial charge < -0.3 is 9.57 Å². The predicted molar refractivity (Wildman–Crippen MR) is 84.0 cm³/mol. The van der Waals surface area contributed by atoms with Crippen LogP contribution in [0.2, 0.25) is 0 Å². The Morgan fingerprint density at radius 2 is 1.73 bits per heavy atom. The van der Waals surface area contributed by atoms with Gasteiger partial charge >= 0.3 is 5.97 Å². The van der Waals surface area contributed by atoms with Crippen molar-refractivity contribution in [2.45, 2.75) is 25.9 Å². The van der Waals surface area contributed by atoms with Crippen LogP contribution >= 0.6 is 0 Å². The Morgan fingerprint density at radius 3 is 2.41 bits per heavy atom. The fourth-order valence-electron chi connectivity index (χ4n) is 2.51. The van der Waals surface area contributed by atoms with Crippen LogP contribution in [0.1, 0.15) is 24.0 Å². The van der Waals surface area contributed by atoms with Gasteiger partial charge in [0.05, 0.1) is 11.6 Å². The molecule has 0 fully saturated rings. The van der Waals surface area contributed by atoms with Crippen molar-refractivity contribution in [3.63, 3.8) is 0 Å². The molecule has 0 aliphatic carbocycles. The lowest BCUT2D eigenvalue weighted by molar-refractivity contribution is -0.146. The number of ether oxygens (including phenoxy) is 1. The molecule has 112 valence electrons. The minimum atomic E-state index is -0.747. The van der Waals surface area contributed by atoms with E-state index in [-0.39, 0.29) is 5.92 Å². The fraction of sp³-hybridized carbons (Fsp3) is 0.222. The van der Waals surface area contributed by atoms with Gasteiger partial charge in [0.15, 0.2) is 0 Å². The van der Waals surface area contributed by atoms with Crippen LogP contribution in [0.3, 0.4) is 0 Å². The third-order valence-electron chi connectivity index (χ3n) is 3.69. The molecule has 2 atom stereocenters. The summed E-state index contributed by atoms with van der Waals surface area (Å²) in [6.45, 7) is 3.84. The SMILES string of the molecule is CC1=NOC(C(=O)Oc2ccc(C)cc2)C1c1ccccc1. The molecule has 3 rings (SSSR count). The molecule has 0 bridgehead atoms. The molecule has 1 aliphatic heterocycles. The smallest absolute Gasteiger partial charge is 0.356 e. The highest BCUT2D eigenvalue weighted by atomic mass is 16.7. The van der Waals surface area contributed by atoms with Gasteiger partial charge in [-0.15, -0.1) is 0 Å². The molecular weight excluding hydrogens is 278 g/mol. The zero-order valence-electron chi connectivity index (χ0n) is 12.5. The van der Waals surface area contributed by atoms with Gasteiger partial charge in [0.25, 0.3) is 0 Å². The van der Waals surface area contributed by atoms with Crippen molar-refractivity contribution in [1.82, 2.24) is 0 Å². The molecule has 0 radical (unpaired) electrons. The van der Waals surface area contributed by atoms with Crippen molar-refractivity contribution in [1.29, 1.82) is 0 Å². The minimum Gasteiger partial charge on any atom is -0.424 e. The van der Waals surface area contributed by atoms with Crippen LogP contribution in [0.5, 0.6) is 5.75 Å². The summed E-state index contributed by atoms with van der Waals surface area (Å²) in [5.74, 6) is -0.131. The number of rotatable bonds is 3. The molecule has 0 amide bonds. The quantitative estimate of drug-likeness (QED) is 0.643. The monoisotopic (exact) mass is 295 g/mol. The normalized spacial score (nSPS) is 20.2. The summed E-state index contributed by atoms with van der Waals surface area (Å²) in [4.78, 5) is 17.7. The Kier molecular flexibility index (Phi) is 3.92. The van der Waals surface area contributed by atoms with Gasteiger partial charge in [0, 0.05) is 0 Å². The third-order valence-corrected chi connectivity index (χ3v) is 3.69. The molecule has 1 aliphatic rings. The Bertz CT molecular complexity index is 692. The molecule has 0 aromatic heterocycles. The Hall–Kier alpha value is -2.62. The van der Waals surface area contributed by atoms with Crippen molar-refractivity contribution in [2.24, 2.45) is 5.16 Å². The molecular formula is C18H17NO3. The molecule has 0 N–H and O–H groups in total. The average molecular weight is 295 g/mol. The third kappa shape index (κ3) is 2.86. The first-order valence-corrected chi connectivity index (χ1v) is 7.19. The van der Waals surface area contributed by atoms with E-state index >= 15 is 0 Å². The van der Waals surface area contributed by atoms with E-state index in [0.29, 0.717) is 5.75 Å². The number of oxime groups is 1. The number of esters is 1. The lowest BCUT2D eigenvalue weighted by atomic mass is 9.90. The standard InChI is InChI=1S/C18H17NO3/c1-12-8-10-15(11-9-12)21-18(20)17-16(13(2)19-22-17)14-6-4-3-5-7-14/h3-11,16-17H,1-2H3. The van der Waals surface area contributed by atoms with Crippen molar-refractivity contribution in [3.05, 3.63) is 65.7 Å². The highest BCUT2D eigenvalue weighted by molar-refractivity contribution is 5.96. The van der Waals surface area contributed by atoms with E-state index in [4.69, 9.17) is 9.57 Å². The Balaban J connectivity index is 1.78. The van der Waals surface area contributed by atoms with E-state index < -0.39 is 12.1 Å². The van der Waals surface area contributed by atoms with Crippen molar-refractivity contribution >= 4 is 11.7 Å². The maximum absolute atomic E-state index is 12.4. The van der Waals surface area contributed by atoms with Gasteiger partial charge in [0.2, 0.25) is 6.10 Å². The highest BCUT2D eigenvalue weighted by Crippen LogP contribution is 2.30. The first kappa shape index (κ1) is 14.3. The summed E-state index contributed by atoms with van der Waals surface area (Å²) >= 11 is 0. The van der Waals surface area contributed by atoms with Crippen molar-refractivity contribution in [3.8, 4) is 5.75 Å². The summed E-state index contributed by atoms with van der Waals surface area (Å²) < 4.78 is 5.42. The number of benzene rings is 2. The van der Waals surface area contributed by atoms with Crippen LogP contribution in [0.15, 0.2) is 59.8 Å². The molecule has 22 heavy (non-hydrogen) atoms. The van der Waals surface area contributed by atoms with Gasteiger partial charge in [-0.25, -0.2) is 4.79 Å². The van der Waals surface area contributed by atoms with E-state index in [1.54, 1.807) is 12.1 Å².